The summed E-state index contributed by atoms with van der Waals surface area (Å²) in [7, 11) is 0. The summed E-state index contributed by atoms with van der Waals surface area (Å²) >= 11 is 3.33. The van der Waals surface area contributed by atoms with Crippen LogP contribution in [0.2, 0.25) is 0 Å². The van der Waals surface area contributed by atoms with Crippen molar-refractivity contribution in [2.45, 2.75) is 18.7 Å². The first-order valence-electron chi connectivity index (χ1n) is 10.8. The number of fused-ring (bicyclic) bond motifs is 1. The molecule has 6 heteroatoms. The second-order valence-corrected chi connectivity index (χ2v) is 8.73. The zero-order valence-electron chi connectivity index (χ0n) is 18.3. The molecule has 0 spiro atoms. The van der Waals surface area contributed by atoms with Gasteiger partial charge in [0.1, 0.15) is 5.94 Å². The highest BCUT2D eigenvalue weighted by molar-refractivity contribution is 8.00. The number of benzene rings is 3. The summed E-state index contributed by atoms with van der Waals surface area (Å²) in [6.07, 6.45) is 1.88. The third kappa shape index (κ3) is 5.38. The standard InChI is InChI=1S/C24H21N3OS2.C2H6/c1-2-7-23-18(4-1)12-13-25-24(23)19-5-3-6-20(16-19)26-30-22-10-8-21(9-11-22)27-14-15-28-17-29-27;1-2/h1-13,16,26H,14-15,17H2;1-2H3. The van der Waals surface area contributed by atoms with Crippen molar-refractivity contribution in [3.63, 3.8) is 0 Å². The van der Waals surface area contributed by atoms with E-state index >= 15 is 0 Å². The topological polar surface area (TPSA) is 37.4 Å². The molecule has 0 saturated carbocycles. The molecule has 1 N–H and O–H groups in total. The molecule has 1 fully saturated rings. The lowest BCUT2D eigenvalue weighted by Gasteiger charge is -2.27. The van der Waals surface area contributed by atoms with Gasteiger partial charge in [-0.05, 0) is 71.7 Å². The molecule has 1 saturated heterocycles. The highest BCUT2D eigenvalue weighted by Crippen LogP contribution is 2.31. The molecular weight excluding hydrogens is 434 g/mol. The first kappa shape index (κ1) is 22.5. The predicted molar refractivity (Wildman–Crippen MR) is 140 cm³/mol. The number of aromatic nitrogens is 1. The third-order valence-corrected chi connectivity index (χ3v) is 6.77. The second kappa shape index (κ2) is 11.3. The summed E-state index contributed by atoms with van der Waals surface area (Å²) in [5.74, 6) is 0.722. The Balaban J connectivity index is 0.00000119. The van der Waals surface area contributed by atoms with E-state index in [0.29, 0.717) is 0 Å². The molecular formula is C26H27N3OS2. The van der Waals surface area contributed by atoms with Gasteiger partial charge in [0.2, 0.25) is 0 Å². The van der Waals surface area contributed by atoms with Crippen LogP contribution >= 0.6 is 23.9 Å². The summed E-state index contributed by atoms with van der Waals surface area (Å²) in [5.41, 5.74) is 4.39. The van der Waals surface area contributed by atoms with Crippen molar-refractivity contribution in [1.29, 1.82) is 0 Å². The van der Waals surface area contributed by atoms with Crippen LogP contribution in [0.3, 0.4) is 0 Å². The number of hydrogen-bond acceptors (Lipinski definition) is 6. The first-order valence-corrected chi connectivity index (χ1v) is 12.6. The third-order valence-electron chi connectivity index (χ3n) is 4.95. The number of rotatable bonds is 5. The van der Waals surface area contributed by atoms with E-state index in [0.717, 1.165) is 36.0 Å². The van der Waals surface area contributed by atoms with Crippen molar-refractivity contribution in [1.82, 2.24) is 4.98 Å². The Morgan fingerprint density at radius 2 is 1.81 bits per heavy atom. The van der Waals surface area contributed by atoms with Crippen LogP contribution in [-0.2, 0) is 4.74 Å². The van der Waals surface area contributed by atoms with Gasteiger partial charge in [0, 0.05) is 33.4 Å². The maximum atomic E-state index is 5.40. The normalized spacial score (nSPS) is 13.4. The SMILES string of the molecule is CC.c1cc(NSc2ccc(N3CCOCS3)cc2)cc(-c2nccc3ccccc23)c1. The Hall–Kier alpha value is -2.67. The van der Waals surface area contributed by atoms with Crippen LogP contribution in [0.1, 0.15) is 13.8 Å². The van der Waals surface area contributed by atoms with Crippen molar-refractivity contribution < 1.29 is 4.74 Å². The smallest absolute Gasteiger partial charge is 0.112 e. The maximum Gasteiger partial charge on any atom is 0.112 e. The van der Waals surface area contributed by atoms with Crippen LogP contribution in [0.15, 0.2) is 90.0 Å². The Labute approximate surface area is 198 Å². The minimum absolute atomic E-state index is 0.722. The largest absolute Gasteiger partial charge is 0.367 e. The molecule has 5 rings (SSSR count). The molecule has 4 aromatic rings. The Bertz CT molecular complexity index is 1140. The molecule has 0 amide bonds. The number of pyridine rings is 1. The van der Waals surface area contributed by atoms with E-state index in [2.05, 4.69) is 92.9 Å². The molecule has 164 valence electrons. The van der Waals surface area contributed by atoms with Crippen LogP contribution in [0.4, 0.5) is 11.4 Å². The van der Waals surface area contributed by atoms with E-state index < -0.39 is 0 Å². The lowest BCUT2D eigenvalue weighted by atomic mass is 10.0. The molecule has 1 aliphatic heterocycles. The van der Waals surface area contributed by atoms with Crippen molar-refractivity contribution in [3.05, 3.63) is 85.1 Å². The zero-order valence-corrected chi connectivity index (χ0v) is 20.0. The molecule has 0 unspecified atom stereocenters. The molecule has 4 nitrogen and oxygen atoms in total. The summed E-state index contributed by atoms with van der Waals surface area (Å²) in [4.78, 5) is 5.81. The lowest BCUT2D eigenvalue weighted by Crippen LogP contribution is -2.26. The van der Waals surface area contributed by atoms with Crippen LogP contribution in [0.5, 0.6) is 0 Å². The molecule has 0 atom stereocenters. The molecule has 3 aromatic carbocycles. The van der Waals surface area contributed by atoms with Gasteiger partial charge in [-0.15, -0.1) is 0 Å². The van der Waals surface area contributed by atoms with Gasteiger partial charge in [0.15, 0.2) is 0 Å². The fourth-order valence-electron chi connectivity index (χ4n) is 3.45. The van der Waals surface area contributed by atoms with Crippen molar-refractivity contribution in [2.24, 2.45) is 0 Å². The number of nitrogens with zero attached hydrogens (tertiary/aromatic N) is 2. The fraction of sp³-hybridized carbons (Fsp3) is 0.192. The van der Waals surface area contributed by atoms with Gasteiger partial charge < -0.3 is 13.8 Å². The summed E-state index contributed by atoms with van der Waals surface area (Å²) in [5, 5.41) is 2.37. The number of ether oxygens (including phenoxy) is 1. The minimum atomic E-state index is 0.722. The minimum Gasteiger partial charge on any atom is -0.367 e. The Kier molecular flexibility index (Phi) is 7.93. The van der Waals surface area contributed by atoms with Gasteiger partial charge in [0.05, 0.1) is 18.8 Å². The quantitative estimate of drug-likeness (QED) is 0.310. The number of hydrogen-bond donors (Lipinski definition) is 1. The van der Waals surface area contributed by atoms with Gasteiger partial charge in [-0.3, -0.25) is 4.98 Å². The molecule has 1 aliphatic rings. The van der Waals surface area contributed by atoms with Crippen molar-refractivity contribution in [3.8, 4) is 11.3 Å². The number of nitrogens with one attached hydrogen (secondary N) is 1. The first-order chi connectivity index (χ1) is 15.9. The number of anilines is 2. The van der Waals surface area contributed by atoms with Gasteiger partial charge >= 0.3 is 0 Å². The van der Waals surface area contributed by atoms with Gasteiger partial charge in [0.25, 0.3) is 0 Å². The summed E-state index contributed by atoms with van der Waals surface area (Å²) in [6.45, 7) is 5.71. The molecule has 0 bridgehead atoms. The summed E-state index contributed by atoms with van der Waals surface area (Å²) < 4.78 is 11.2. The Morgan fingerprint density at radius 3 is 2.62 bits per heavy atom. The van der Waals surface area contributed by atoms with Gasteiger partial charge in [-0.25, -0.2) is 0 Å². The average molecular weight is 462 g/mol. The van der Waals surface area contributed by atoms with Crippen LogP contribution in [0.25, 0.3) is 22.0 Å². The van der Waals surface area contributed by atoms with Crippen molar-refractivity contribution in [2.75, 3.05) is 28.1 Å². The molecule has 32 heavy (non-hydrogen) atoms. The second-order valence-electron chi connectivity index (χ2n) is 6.92. The van der Waals surface area contributed by atoms with E-state index in [9.17, 15) is 0 Å². The van der Waals surface area contributed by atoms with Crippen molar-refractivity contribution >= 4 is 46.0 Å². The molecule has 0 radical (unpaired) electrons. The molecule has 0 aliphatic carbocycles. The highest BCUT2D eigenvalue weighted by Gasteiger charge is 2.12. The van der Waals surface area contributed by atoms with E-state index in [1.165, 1.54) is 21.4 Å². The monoisotopic (exact) mass is 461 g/mol. The van der Waals surface area contributed by atoms with Gasteiger partial charge in [-0.1, -0.05) is 50.2 Å². The predicted octanol–water partition coefficient (Wildman–Crippen LogP) is 7.49. The van der Waals surface area contributed by atoms with Crippen LogP contribution in [0, 0.1) is 0 Å². The lowest BCUT2D eigenvalue weighted by molar-refractivity contribution is 0.184. The maximum absolute atomic E-state index is 5.40. The molecule has 2 heterocycles. The van der Waals surface area contributed by atoms with Crippen LogP contribution in [-0.4, -0.2) is 24.1 Å². The highest BCUT2D eigenvalue weighted by atomic mass is 32.2. The molecule has 1 aromatic heterocycles. The average Bonchev–Trinajstić information content (AvgIpc) is 2.89. The van der Waals surface area contributed by atoms with E-state index in [4.69, 9.17) is 4.74 Å². The zero-order chi connectivity index (χ0) is 22.2. The van der Waals surface area contributed by atoms with E-state index in [1.807, 2.05) is 20.0 Å². The van der Waals surface area contributed by atoms with E-state index in [1.54, 1.807) is 23.9 Å². The van der Waals surface area contributed by atoms with Gasteiger partial charge in [-0.2, -0.15) is 0 Å². The fourth-order valence-corrected chi connectivity index (χ4v) is 4.88. The van der Waals surface area contributed by atoms with E-state index in [-0.39, 0.29) is 0 Å². The summed E-state index contributed by atoms with van der Waals surface area (Å²) in [6, 6.07) is 27.5. The van der Waals surface area contributed by atoms with Crippen LogP contribution < -0.4 is 9.03 Å². The Morgan fingerprint density at radius 1 is 0.969 bits per heavy atom.